The lowest BCUT2D eigenvalue weighted by molar-refractivity contribution is -0.134. The van der Waals surface area contributed by atoms with Crippen molar-refractivity contribution in [1.82, 2.24) is 5.32 Å². The zero-order valence-corrected chi connectivity index (χ0v) is 11.3. The minimum atomic E-state index is -0.833. The number of aliphatic carboxylic acids is 1. The SMILES string of the molecule is C.CC.CC.CC(=O)O.CN.CNC(C)=O. The van der Waals surface area contributed by atoms with Crippen molar-refractivity contribution < 1.29 is 14.7 Å². The molecule has 0 bridgehead atoms. The number of rotatable bonds is 0. The quantitative estimate of drug-likeness (QED) is 0.604. The van der Waals surface area contributed by atoms with Crippen LogP contribution in [0.15, 0.2) is 0 Å². The van der Waals surface area contributed by atoms with Gasteiger partial charge in [-0.25, -0.2) is 0 Å². The summed E-state index contributed by atoms with van der Waals surface area (Å²) in [6, 6.07) is 0. The van der Waals surface area contributed by atoms with Crippen LogP contribution in [0.3, 0.4) is 0 Å². The van der Waals surface area contributed by atoms with E-state index in [1.807, 2.05) is 27.7 Å². The van der Waals surface area contributed by atoms with Crippen molar-refractivity contribution in [3.8, 4) is 0 Å². The molecular weight excluding hydrogens is 208 g/mol. The Labute approximate surface area is 101 Å². The van der Waals surface area contributed by atoms with E-state index >= 15 is 0 Å². The van der Waals surface area contributed by atoms with Gasteiger partial charge in [0.2, 0.25) is 5.91 Å². The van der Waals surface area contributed by atoms with Crippen LogP contribution in [0.1, 0.15) is 49.0 Å². The minimum Gasteiger partial charge on any atom is -0.481 e. The van der Waals surface area contributed by atoms with Crippen LogP contribution in [0.2, 0.25) is 0 Å². The molecule has 5 heteroatoms. The van der Waals surface area contributed by atoms with Gasteiger partial charge < -0.3 is 16.2 Å². The average Bonchev–Trinajstić information content (AvgIpc) is 2.26. The second-order valence-corrected chi connectivity index (χ2v) is 1.33. The zero-order valence-electron chi connectivity index (χ0n) is 11.3. The number of hydrogen-bond acceptors (Lipinski definition) is 3. The number of nitrogens with two attached hydrogens (primary N) is 1. The molecule has 0 unspecified atom stereocenters. The molecule has 0 saturated carbocycles. The van der Waals surface area contributed by atoms with E-state index in [1.54, 1.807) is 7.05 Å². The number of carbonyl (C=O) groups is 2. The van der Waals surface area contributed by atoms with Crippen molar-refractivity contribution in [2.45, 2.75) is 49.0 Å². The van der Waals surface area contributed by atoms with Crippen LogP contribution >= 0.6 is 0 Å². The summed E-state index contributed by atoms with van der Waals surface area (Å²) in [4.78, 5) is 18.7. The third-order valence-corrected chi connectivity index (χ3v) is 0.352. The zero-order chi connectivity index (χ0) is 13.9. The Bertz CT molecular complexity index is 103. The molecule has 0 aromatic carbocycles. The molecule has 16 heavy (non-hydrogen) atoms. The van der Waals surface area contributed by atoms with Gasteiger partial charge in [-0.1, -0.05) is 35.1 Å². The Morgan fingerprint density at radius 2 is 1.06 bits per heavy atom. The minimum absolute atomic E-state index is 0. The van der Waals surface area contributed by atoms with Gasteiger partial charge in [0.25, 0.3) is 5.97 Å². The Balaban J connectivity index is -0.0000000207. The number of carboxylic acids is 1. The van der Waals surface area contributed by atoms with Crippen molar-refractivity contribution in [2.75, 3.05) is 14.1 Å². The smallest absolute Gasteiger partial charge is 0.300 e. The van der Waals surface area contributed by atoms with E-state index in [9.17, 15) is 4.79 Å². The molecule has 0 rings (SSSR count). The summed E-state index contributed by atoms with van der Waals surface area (Å²) in [5, 5.41) is 9.81. The first kappa shape index (κ1) is 36.3. The van der Waals surface area contributed by atoms with Gasteiger partial charge in [0.05, 0.1) is 0 Å². The maximum atomic E-state index is 9.70. The van der Waals surface area contributed by atoms with Crippen LogP contribution in [-0.2, 0) is 9.59 Å². The number of carboxylic acid groups (broad SMARTS) is 1. The van der Waals surface area contributed by atoms with Crippen molar-refractivity contribution in [3.63, 3.8) is 0 Å². The summed E-state index contributed by atoms with van der Waals surface area (Å²) in [5.74, 6) is -0.829. The maximum Gasteiger partial charge on any atom is 0.300 e. The molecule has 104 valence electrons. The average molecular weight is 240 g/mol. The maximum absolute atomic E-state index is 9.70. The van der Waals surface area contributed by atoms with E-state index in [0.29, 0.717) is 0 Å². The Kier molecular flexibility index (Phi) is 151. The molecule has 0 saturated heterocycles. The molecule has 0 aliphatic heterocycles. The van der Waals surface area contributed by atoms with Gasteiger partial charge in [0, 0.05) is 20.9 Å². The summed E-state index contributed by atoms with van der Waals surface area (Å²) in [6.45, 7) is 10.6. The van der Waals surface area contributed by atoms with Crippen molar-refractivity contribution >= 4 is 11.9 Å². The van der Waals surface area contributed by atoms with Gasteiger partial charge in [-0.2, -0.15) is 0 Å². The normalized spacial score (nSPS) is 4.81. The first-order valence-corrected chi connectivity index (χ1v) is 4.96. The van der Waals surface area contributed by atoms with E-state index in [4.69, 9.17) is 9.90 Å². The fourth-order valence-corrected chi connectivity index (χ4v) is 0. The summed E-state index contributed by atoms with van der Waals surface area (Å²) in [6.07, 6.45) is 0. The number of carbonyl (C=O) groups excluding carboxylic acids is 1. The van der Waals surface area contributed by atoms with E-state index in [0.717, 1.165) is 6.92 Å². The molecular formula is C11H32N2O3. The topological polar surface area (TPSA) is 92.4 Å². The van der Waals surface area contributed by atoms with Crippen LogP contribution in [-0.4, -0.2) is 31.1 Å². The molecule has 0 radical (unpaired) electrons. The van der Waals surface area contributed by atoms with Gasteiger partial charge >= 0.3 is 0 Å². The third kappa shape index (κ3) is 2260. The molecule has 0 heterocycles. The van der Waals surface area contributed by atoms with Gasteiger partial charge in [-0.15, -0.1) is 0 Å². The molecule has 4 N–H and O–H groups in total. The summed E-state index contributed by atoms with van der Waals surface area (Å²) in [5.41, 5.74) is 4.50. The Morgan fingerprint density at radius 1 is 1.00 bits per heavy atom. The molecule has 0 atom stereocenters. The predicted octanol–water partition coefficient (Wildman–Crippen LogP) is 2.11. The van der Waals surface area contributed by atoms with Crippen molar-refractivity contribution in [2.24, 2.45) is 5.73 Å². The van der Waals surface area contributed by atoms with Crippen molar-refractivity contribution in [1.29, 1.82) is 0 Å². The second-order valence-electron chi connectivity index (χ2n) is 1.33. The standard InChI is InChI=1S/C3H7NO.C2H4O2.2C2H6.CH5N.CH4/c1-3(5)4-2;1-2(3)4;3*1-2;/h1-2H3,(H,4,5);1H3,(H,3,4);2*1-2H3;2H2,1H3;1H4. The molecule has 0 aliphatic rings. The lowest BCUT2D eigenvalue weighted by Crippen LogP contribution is -2.11. The highest BCUT2D eigenvalue weighted by Crippen LogP contribution is 1.45. The summed E-state index contributed by atoms with van der Waals surface area (Å²) >= 11 is 0. The van der Waals surface area contributed by atoms with Crippen molar-refractivity contribution in [3.05, 3.63) is 0 Å². The number of hydrogen-bond donors (Lipinski definition) is 3. The van der Waals surface area contributed by atoms with E-state index < -0.39 is 5.97 Å². The fraction of sp³-hybridized carbons (Fsp3) is 0.818. The van der Waals surface area contributed by atoms with E-state index in [1.165, 1.54) is 14.0 Å². The fourth-order valence-electron chi connectivity index (χ4n) is 0. The molecule has 0 aromatic rings. The monoisotopic (exact) mass is 240 g/mol. The summed E-state index contributed by atoms with van der Waals surface area (Å²) < 4.78 is 0. The lowest BCUT2D eigenvalue weighted by atomic mass is 10.7. The lowest BCUT2D eigenvalue weighted by Gasteiger charge is -1.80. The number of nitrogens with one attached hydrogen (secondary N) is 1. The first-order chi connectivity index (χ1) is 7.00. The summed E-state index contributed by atoms with van der Waals surface area (Å²) in [7, 11) is 3.10. The molecule has 0 aromatic heterocycles. The van der Waals surface area contributed by atoms with Crippen LogP contribution in [0.5, 0.6) is 0 Å². The molecule has 0 fully saturated rings. The van der Waals surface area contributed by atoms with Crippen LogP contribution in [0.25, 0.3) is 0 Å². The predicted molar refractivity (Wildman–Crippen MR) is 72.6 cm³/mol. The van der Waals surface area contributed by atoms with E-state index in [2.05, 4.69) is 11.1 Å². The molecule has 0 spiro atoms. The van der Waals surface area contributed by atoms with Gasteiger partial charge in [0.15, 0.2) is 0 Å². The highest BCUT2D eigenvalue weighted by Gasteiger charge is 1.72. The number of amides is 1. The highest BCUT2D eigenvalue weighted by atomic mass is 16.4. The third-order valence-electron chi connectivity index (χ3n) is 0.352. The van der Waals surface area contributed by atoms with Crippen LogP contribution in [0.4, 0.5) is 0 Å². The first-order valence-electron chi connectivity index (χ1n) is 4.96. The van der Waals surface area contributed by atoms with Gasteiger partial charge in [-0.3, -0.25) is 9.59 Å². The largest absolute Gasteiger partial charge is 0.481 e. The van der Waals surface area contributed by atoms with Crippen LogP contribution < -0.4 is 11.1 Å². The molecule has 5 nitrogen and oxygen atoms in total. The molecule has 0 aliphatic carbocycles. The van der Waals surface area contributed by atoms with E-state index in [-0.39, 0.29) is 13.3 Å². The Morgan fingerprint density at radius 3 is 1.06 bits per heavy atom. The van der Waals surface area contributed by atoms with Gasteiger partial charge in [-0.05, 0) is 7.05 Å². The highest BCUT2D eigenvalue weighted by molar-refractivity contribution is 5.72. The molecule has 1 amide bonds. The second kappa shape index (κ2) is 66.4. The van der Waals surface area contributed by atoms with Gasteiger partial charge in [0.1, 0.15) is 0 Å². The van der Waals surface area contributed by atoms with Crippen LogP contribution in [0, 0.1) is 0 Å². The Hall–Kier alpha value is -1.10.